The molecule has 8 heteroatoms. The van der Waals surface area contributed by atoms with E-state index >= 15 is 0 Å². The summed E-state index contributed by atoms with van der Waals surface area (Å²) in [7, 11) is -3.54. The summed E-state index contributed by atoms with van der Waals surface area (Å²) in [4.78, 5) is 7.91. The molecule has 2 aromatic heterocycles. The lowest BCUT2D eigenvalue weighted by Crippen LogP contribution is -2.09. The molecule has 0 bridgehead atoms. The fourth-order valence-corrected chi connectivity index (χ4v) is 3.14. The molecule has 0 saturated carbocycles. The number of hydrogen-bond acceptors (Lipinski definition) is 6. The van der Waals surface area contributed by atoms with Gasteiger partial charge >= 0.3 is 5.22 Å². The van der Waals surface area contributed by atoms with Crippen LogP contribution < -0.4 is 5.73 Å². The van der Waals surface area contributed by atoms with Crippen LogP contribution in [0.4, 0.5) is 5.69 Å². The van der Waals surface area contributed by atoms with Gasteiger partial charge in [-0.1, -0.05) is 0 Å². The molecule has 1 aromatic carbocycles. The molecular formula is C13H14N4O3S. The van der Waals surface area contributed by atoms with Gasteiger partial charge in [-0.3, -0.25) is 0 Å². The van der Waals surface area contributed by atoms with E-state index in [1.165, 1.54) is 0 Å². The van der Waals surface area contributed by atoms with Crippen molar-refractivity contribution in [1.82, 2.24) is 14.5 Å². The smallest absolute Gasteiger partial charge is 0.316 e. The van der Waals surface area contributed by atoms with Gasteiger partial charge in [-0.25, -0.2) is 13.4 Å². The van der Waals surface area contributed by atoms with Gasteiger partial charge in [0.25, 0.3) is 0 Å². The molecule has 0 aliphatic carbocycles. The van der Waals surface area contributed by atoms with Gasteiger partial charge in [-0.15, -0.1) is 0 Å². The van der Waals surface area contributed by atoms with Gasteiger partial charge in [-0.05, 0) is 24.6 Å². The minimum absolute atomic E-state index is 0.0342. The number of nitrogen functional groups attached to an aromatic ring is 1. The maximum absolute atomic E-state index is 12.2. The normalized spacial score (nSPS) is 12.0. The van der Waals surface area contributed by atoms with E-state index < -0.39 is 9.84 Å². The van der Waals surface area contributed by atoms with Gasteiger partial charge in [0.15, 0.2) is 5.58 Å². The first kappa shape index (κ1) is 13.6. The highest BCUT2D eigenvalue weighted by atomic mass is 32.2. The number of oxazole rings is 1. The predicted molar refractivity (Wildman–Crippen MR) is 77.3 cm³/mol. The van der Waals surface area contributed by atoms with Crippen LogP contribution in [0.1, 0.15) is 6.42 Å². The lowest BCUT2D eigenvalue weighted by molar-refractivity contribution is 0.457. The van der Waals surface area contributed by atoms with Crippen molar-refractivity contribution in [2.75, 3.05) is 11.5 Å². The minimum atomic E-state index is -3.54. The Hall–Kier alpha value is -2.35. The predicted octanol–water partition coefficient (Wildman–Crippen LogP) is 1.47. The molecule has 0 aliphatic rings. The molecule has 0 radical (unpaired) electrons. The number of nitrogens with zero attached hydrogens (tertiary/aromatic N) is 3. The van der Waals surface area contributed by atoms with Gasteiger partial charge in [0.1, 0.15) is 5.52 Å². The van der Waals surface area contributed by atoms with Gasteiger partial charge < -0.3 is 14.7 Å². The molecule has 0 amide bonds. The fraction of sp³-hybridized carbons (Fsp3) is 0.231. The number of benzene rings is 1. The Morgan fingerprint density at radius 1 is 1.33 bits per heavy atom. The lowest BCUT2D eigenvalue weighted by atomic mass is 10.3. The summed E-state index contributed by atoms with van der Waals surface area (Å²) >= 11 is 0. The number of rotatable bonds is 5. The molecule has 0 spiro atoms. The van der Waals surface area contributed by atoms with Crippen molar-refractivity contribution in [3.8, 4) is 0 Å². The SMILES string of the molecule is Nc1ccc2oc(S(=O)(=O)CCCn3ccnc3)nc2c1. The van der Waals surface area contributed by atoms with Crippen molar-refractivity contribution < 1.29 is 12.8 Å². The van der Waals surface area contributed by atoms with Crippen molar-refractivity contribution in [1.29, 1.82) is 0 Å². The van der Waals surface area contributed by atoms with Crippen LogP contribution in [0.5, 0.6) is 0 Å². The molecule has 0 aliphatic heterocycles. The summed E-state index contributed by atoms with van der Waals surface area (Å²) in [5, 5.41) is -0.256. The second kappa shape index (κ2) is 5.21. The van der Waals surface area contributed by atoms with Gasteiger partial charge in [-0.2, -0.15) is 4.98 Å². The van der Waals surface area contributed by atoms with Crippen molar-refractivity contribution >= 4 is 26.6 Å². The first-order chi connectivity index (χ1) is 10.0. The van der Waals surface area contributed by atoms with Crippen LogP contribution in [-0.2, 0) is 16.4 Å². The number of nitrogens with two attached hydrogens (primary N) is 1. The highest BCUT2D eigenvalue weighted by Crippen LogP contribution is 2.22. The third kappa shape index (κ3) is 2.89. The van der Waals surface area contributed by atoms with Crippen LogP contribution in [0.15, 0.2) is 46.6 Å². The second-order valence-electron chi connectivity index (χ2n) is 4.68. The standard InChI is InChI=1S/C13H14N4O3S/c14-10-2-3-12-11(8-10)16-13(20-12)21(18,19)7-1-5-17-6-4-15-9-17/h2-4,6,8-9H,1,5,7,14H2. The number of fused-ring (bicyclic) bond motifs is 1. The first-order valence-corrected chi connectivity index (χ1v) is 8.04. The second-order valence-corrected chi connectivity index (χ2v) is 6.67. The molecule has 3 rings (SSSR count). The van der Waals surface area contributed by atoms with Gasteiger partial charge in [0.2, 0.25) is 9.84 Å². The molecule has 2 heterocycles. The Balaban J connectivity index is 1.76. The zero-order chi connectivity index (χ0) is 14.9. The zero-order valence-corrected chi connectivity index (χ0v) is 12.0. The number of aromatic nitrogens is 3. The summed E-state index contributed by atoms with van der Waals surface area (Å²) in [5.41, 5.74) is 7.01. The average Bonchev–Trinajstić information content (AvgIpc) is 3.06. The number of anilines is 1. The van der Waals surface area contributed by atoms with E-state index in [1.807, 2.05) is 4.57 Å². The van der Waals surface area contributed by atoms with E-state index in [1.54, 1.807) is 36.9 Å². The summed E-state index contributed by atoms with van der Waals surface area (Å²) in [6.45, 7) is 0.576. The number of imidazole rings is 1. The maximum atomic E-state index is 12.2. The van der Waals surface area contributed by atoms with Crippen LogP contribution in [0.25, 0.3) is 11.1 Å². The van der Waals surface area contributed by atoms with E-state index in [9.17, 15) is 8.42 Å². The summed E-state index contributed by atoms with van der Waals surface area (Å²) < 4.78 is 31.5. The third-order valence-electron chi connectivity index (χ3n) is 3.05. The van der Waals surface area contributed by atoms with Crippen molar-refractivity contribution in [3.05, 3.63) is 36.9 Å². The van der Waals surface area contributed by atoms with Gasteiger partial charge in [0, 0.05) is 24.6 Å². The Kier molecular flexibility index (Phi) is 3.38. The Labute approximate surface area is 121 Å². The van der Waals surface area contributed by atoms with Crippen LogP contribution in [-0.4, -0.2) is 28.7 Å². The molecule has 2 N–H and O–H groups in total. The minimum Gasteiger partial charge on any atom is -0.428 e. The molecular weight excluding hydrogens is 292 g/mol. The molecule has 0 saturated heterocycles. The van der Waals surface area contributed by atoms with Crippen molar-refractivity contribution in [2.45, 2.75) is 18.2 Å². The monoisotopic (exact) mass is 306 g/mol. The summed E-state index contributed by atoms with van der Waals surface area (Å²) in [5.74, 6) is -0.0342. The highest BCUT2D eigenvalue weighted by molar-refractivity contribution is 7.91. The quantitative estimate of drug-likeness (QED) is 0.716. The van der Waals surface area contributed by atoms with Crippen LogP contribution in [0, 0.1) is 0 Å². The van der Waals surface area contributed by atoms with Crippen LogP contribution in [0.2, 0.25) is 0 Å². The summed E-state index contributed by atoms with van der Waals surface area (Å²) in [6.07, 6.45) is 5.54. The lowest BCUT2D eigenvalue weighted by Gasteiger charge is -2.01. The third-order valence-corrected chi connectivity index (χ3v) is 4.58. The van der Waals surface area contributed by atoms with E-state index in [0.29, 0.717) is 29.8 Å². The van der Waals surface area contributed by atoms with Crippen LogP contribution in [0.3, 0.4) is 0 Å². The zero-order valence-electron chi connectivity index (χ0n) is 11.1. The molecule has 3 aromatic rings. The highest BCUT2D eigenvalue weighted by Gasteiger charge is 2.21. The van der Waals surface area contributed by atoms with Crippen molar-refractivity contribution in [3.63, 3.8) is 0 Å². The molecule has 21 heavy (non-hydrogen) atoms. The molecule has 0 fully saturated rings. The topological polar surface area (TPSA) is 104 Å². The van der Waals surface area contributed by atoms with E-state index in [0.717, 1.165) is 0 Å². The molecule has 0 atom stereocenters. The van der Waals surface area contributed by atoms with Crippen LogP contribution >= 0.6 is 0 Å². The molecule has 7 nitrogen and oxygen atoms in total. The van der Waals surface area contributed by atoms with Crippen molar-refractivity contribution in [2.24, 2.45) is 0 Å². The van der Waals surface area contributed by atoms with E-state index in [2.05, 4.69) is 9.97 Å². The van der Waals surface area contributed by atoms with E-state index in [4.69, 9.17) is 10.2 Å². The fourth-order valence-electron chi connectivity index (χ4n) is 2.00. The Bertz CT molecular complexity index is 853. The molecule has 0 unspecified atom stereocenters. The Morgan fingerprint density at radius 3 is 2.95 bits per heavy atom. The number of sulfone groups is 1. The van der Waals surface area contributed by atoms with Gasteiger partial charge in [0.05, 0.1) is 12.1 Å². The largest absolute Gasteiger partial charge is 0.428 e. The summed E-state index contributed by atoms with van der Waals surface area (Å²) in [6, 6.07) is 4.84. The maximum Gasteiger partial charge on any atom is 0.316 e. The average molecular weight is 306 g/mol. The van der Waals surface area contributed by atoms with E-state index in [-0.39, 0.29) is 11.0 Å². The molecule has 110 valence electrons. The number of hydrogen-bond donors (Lipinski definition) is 1. The number of aryl methyl sites for hydroxylation is 1. The Morgan fingerprint density at radius 2 is 2.19 bits per heavy atom. The first-order valence-electron chi connectivity index (χ1n) is 6.39.